The molecule has 20 heavy (non-hydrogen) atoms. The Balaban J connectivity index is 2.00. The van der Waals surface area contributed by atoms with Gasteiger partial charge >= 0.3 is 0 Å². The van der Waals surface area contributed by atoms with Gasteiger partial charge in [-0.05, 0) is 0 Å². The molecule has 0 atom stereocenters. The summed E-state index contributed by atoms with van der Waals surface area (Å²) in [6.07, 6.45) is 3.60. The van der Waals surface area contributed by atoms with Crippen LogP contribution < -0.4 is 10.2 Å². The molecule has 0 unspecified atom stereocenters. The van der Waals surface area contributed by atoms with Crippen molar-refractivity contribution in [3.8, 4) is 11.6 Å². The van der Waals surface area contributed by atoms with Crippen molar-refractivity contribution in [3.05, 3.63) is 12.4 Å². The fraction of sp³-hybridized carbons (Fsp3) is 0.500. The number of hydrogen-bond acceptors (Lipinski definition) is 7. The molecule has 0 radical (unpaired) electrons. The molecule has 8 nitrogen and oxygen atoms in total. The van der Waals surface area contributed by atoms with Crippen LogP contribution in [0.5, 0.6) is 0 Å². The van der Waals surface area contributed by atoms with Crippen LogP contribution in [0.2, 0.25) is 0 Å². The van der Waals surface area contributed by atoms with Crippen molar-refractivity contribution in [2.75, 3.05) is 43.6 Å². The van der Waals surface area contributed by atoms with Gasteiger partial charge in [0.1, 0.15) is 0 Å². The lowest BCUT2D eigenvalue weighted by Crippen LogP contribution is -2.37. The highest BCUT2D eigenvalue weighted by atomic mass is 16.5. The monoisotopic (exact) mass is 275 g/mol. The topological polar surface area (TPSA) is 81.0 Å². The lowest BCUT2D eigenvalue weighted by Gasteiger charge is -2.27. The van der Waals surface area contributed by atoms with Crippen LogP contribution in [0.3, 0.4) is 0 Å². The molecule has 2 aromatic heterocycles. The molecule has 0 bridgehead atoms. The molecule has 1 N–H and O–H groups in total. The van der Waals surface area contributed by atoms with E-state index < -0.39 is 0 Å². The van der Waals surface area contributed by atoms with Crippen LogP contribution in [-0.4, -0.2) is 57.9 Å². The number of hydrogen-bond donors (Lipinski definition) is 1. The molecular weight excluding hydrogens is 258 g/mol. The van der Waals surface area contributed by atoms with Gasteiger partial charge < -0.3 is 19.5 Å². The zero-order valence-corrected chi connectivity index (χ0v) is 11.6. The van der Waals surface area contributed by atoms with Crippen molar-refractivity contribution in [2.45, 2.75) is 0 Å². The minimum Gasteiger partial charge on any atom is -0.378 e. The van der Waals surface area contributed by atoms with Crippen molar-refractivity contribution in [3.63, 3.8) is 0 Å². The maximum Gasteiger partial charge on any atom is 0.230 e. The molecule has 0 amide bonds. The van der Waals surface area contributed by atoms with Crippen LogP contribution >= 0.6 is 0 Å². The van der Waals surface area contributed by atoms with Crippen molar-refractivity contribution in [1.82, 2.24) is 24.5 Å². The smallest absolute Gasteiger partial charge is 0.230 e. The van der Waals surface area contributed by atoms with Crippen LogP contribution in [0.15, 0.2) is 12.4 Å². The van der Waals surface area contributed by atoms with Crippen LogP contribution in [0.4, 0.5) is 11.9 Å². The molecule has 0 aromatic carbocycles. The van der Waals surface area contributed by atoms with E-state index in [0.29, 0.717) is 30.9 Å². The number of anilines is 2. The predicted molar refractivity (Wildman–Crippen MR) is 74.6 cm³/mol. The molecule has 1 fully saturated rings. The Morgan fingerprint density at radius 3 is 2.65 bits per heavy atom. The highest BCUT2D eigenvalue weighted by molar-refractivity contribution is 5.51. The van der Waals surface area contributed by atoms with Crippen LogP contribution in [0.1, 0.15) is 0 Å². The summed E-state index contributed by atoms with van der Waals surface area (Å²) in [6, 6.07) is 0. The van der Waals surface area contributed by atoms with Gasteiger partial charge in [0.15, 0.2) is 5.82 Å². The van der Waals surface area contributed by atoms with E-state index in [9.17, 15) is 0 Å². The van der Waals surface area contributed by atoms with Gasteiger partial charge in [-0.1, -0.05) is 0 Å². The van der Waals surface area contributed by atoms with Gasteiger partial charge in [-0.25, -0.2) is 4.98 Å². The summed E-state index contributed by atoms with van der Waals surface area (Å²) < 4.78 is 7.24. The first-order chi connectivity index (χ1) is 9.78. The number of nitrogens with zero attached hydrogens (tertiary/aromatic N) is 6. The Hall–Kier alpha value is -2.22. The number of aromatic nitrogens is 5. The first-order valence-electron chi connectivity index (χ1n) is 6.52. The molecule has 0 saturated carbocycles. The average molecular weight is 275 g/mol. The Bertz CT molecular complexity index is 591. The minimum absolute atomic E-state index is 0.541. The SMILES string of the molecule is CNc1nc(-c2nccn2C)nc(N2CCOCC2)n1. The van der Waals surface area contributed by atoms with Crippen LogP contribution in [0.25, 0.3) is 11.6 Å². The lowest BCUT2D eigenvalue weighted by atomic mass is 10.4. The van der Waals surface area contributed by atoms with E-state index in [4.69, 9.17) is 4.74 Å². The van der Waals surface area contributed by atoms with E-state index in [-0.39, 0.29) is 0 Å². The third-order valence-corrected chi connectivity index (χ3v) is 3.16. The zero-order valence-electron chi connectivity index (χ0n) is 11.6. The molecule has 106 valence electrons. The highest BCUT2D eigenvalue weighted by Gasteiger charge is 2.18. The van der Waals surface area contributed by atoms with Crippen molar-refractivity contribution < 1.29 is 4.74 Å². The molecule has 3 heterocycles. The highest BCUT2D eigenvalue weighted by Crippen LogP contribution is 2.18. The Kier molecular flexibility index (Phi) is 3.46. The molecule has 1 aliphatic rings. The summed E-state index contributed by atoms with van der Waals surface area (Å²) in [5.74, 6) is 2.49. The van der Waals surface area contributed by atoms with Crippen LogP contribution in [-0.2, 0) is 11.8 Å². The summed E-state index contributed by atoms with van der Waals surface area (Å²) in [4.78, 5) is 19.7. The summed E-state index contributed by atoms with van der Waals surface area (Å²) in [7, 11) is 3.71. The molecule has 3 rings (SSSR count). The van der Waals surface area contributed by atoms with E-state index in [0.717, 1.165) is 18.9 Å². The predicted octanol–water partition coefficient (Wildman–Crippen LogP) is 0.150. The summed E-state index contributed by atoms with van der Waals surface area (Å²) in [6.45, 7) is 2.96. The summed E-state index contributed by atoms with van der Waals surface area (Å²) >= 11 is 0. The van der Waals surface area contributed by atoms with Crippen molar-refractivity contribution in [2.24, 2.45) is 7.05 Å². The quantitative estimate of drug-likeness (QED) is 0.854. The number of imidazole rings is 1. The first kappa shape index (κ1) is 12.8. The Morgan fingerprint density at radius 1 is 1.20 bits per heavy atom. The molecule has 0 spiro atoms. The average Bonchev–Trinajstić information content (AvgIpc) is 2.94. The Labute approximate surface area is 116 Å². The lowest BCUT2D eigenvalue weighted by molar-refractivity contribution is 0.122. The van der Waals surface area contributed by atoms with Gasteiger partial charge in [-0.2, -0.15) is 15.0 Å². The third kappa shape index (κ3) is 2.42. The zero-order chi connectivity index (χ0) is 13.9. The maximum atomic E-state index is 5.35. The maximum absolute atomic E-state index is 5.35. The van der Waals surface area contributed by atoms with E-state index in [1.807, 2.05) is 17.8 Å². The van der Waals surface area contributed by atoms with E-state index in [2.05, 4.69) is 30.2 Å². The second-order valence-electron chi connectivity index (χ2n) is 4.49. The standard InChI is InChI=1S/C12H17N7O/c1-13-11-15-9(10-14-3-4-18(10)2)16-12(17-11)19-5-7-20-8-6-19/h3-4H,5-8H2,1-2H3,(H,13,15,16,17). The molecule has 2 aromatic rings. The second kappa shape index (κ2) is 5.41. The van der Waals surface area contributed by atoms with E-state index in [1.54, 1.807) is 13.2 Å². The molecule has 1 aliphatic heterocycles. The van der Waals surface area contributed by atoms with E-state index >= 15 is 0 Å². The number of morpholine rings is 1. The van der Waals surface area contributed by atoms with Crippen LogP contribution in [0, 0.1) is 0 Å². The third-order valence-electron chi connectivity index (χ3n) is 3.16. The minimum atomic E-state index is 0.541. The fourth-order valence-corrected chi connectivity index (χ4v) is 2.06. The van der Waals surface area contributed by atoms with Gasteiger partial charge in [-0.3, -0.25) is 0 Å². The number of rotatable bonds is 3. The molecule has 1 saturated heterocycles. The molecule has 0 aliphatic carbocycles. The van der Waals surface area contributed by atoms with Gasteiger partial charge in [0.25, 0.3) is 0 Å². The van der Waals surface area contributed by atoms with E-state index in [1.165, 1.54) is 0 Å². The number of nitrogens with one attached hydrogen (secondary N) is 1. The van der Waals surface area contributed by atoms with Gasteiger partial charge in [0.05, 0.1) is 13.2 Å². The largest absolute Gasteiger partial charge is 0.378 e. The Morgan fingerprint density at radius 2 is 2.00 bits per heavy atom. The van der Waals surface area contributed by atoms with Crippen molar-refractivity contribution in [1.29, 1.82) is 0 Å². The summed E-state index contributed by atoms with van der Waals surface area (Å²) in [5, 5.41) is 2.97. The fourth-order valence-electron chi connectivity index (χ4n) is 2.06. The summed E-state index contributed by atoms with van der Waals surface area (Å²) in [5.41, 5.74) is 0. The number of aryl methyl sites for hydroxylation is 1. The molecular formula is C12H17N7O. The molecule has 8 heteroatoms. The first-order valence-corrected chi connectivity index (χ1v) is 6.52. The number of ether oxygens (including phenoxy) is 1. The van der Waals surface area contributed by atoms with Gasteiger partial charge in [0.2, 0.25) is 17.7 Å². The van der Waals surface area contributed by atoms with Gasteiger partial charge in [0, 0.05) is 39.6 Å². The second-order valence-corrected chi connectivity index (χ2v) is 4.49. The van der Waals surface area contributed by atoms with Crippen molar-refractivity contribution >= 4 is 11.9 Å². The normalized spacial score (nSPS) is 15.4. The van der Waals surface area contributed by atoms with Gasteiger partial charge in [-0.15, -0.1) is 0 Å².